The lowest BCUT2D eigenvalue weighted by Crippen LogP contribution is -2.21. The standard InChI is InChI=1S/C15H15FN4O.C2HF3O2/c16-12-8-11-10-20(7-3-6-19-4-1-2-5-19)18-14(11)13(9-12)15(17)21;3-2(4,5)1(6)7/h1-2,4-5,8-10H,3,6-7H2,(H2,17,21);(H,6,7). The van der Waals surface area contributed by atoms with Crippen molar-refractivity contribution in [2.45, 2.75) is 25.7 Å². The Bertz CT molecular complexity index is 965. The van der Waals surface area contributed by atoms with Gasteiger partial charge in [-0.15, -0.1) is 0 Å². The SMILES string of the molecule is NC(=O)c1cc(F)cc2cn(CCCn3cccc3)nc12.O=C(O)C(F)(F)F. The van der Waals surface area contributed by atoms with Gasteiger partial charge in [0, 0.05) is 37.1 Å². The van der Waals surface area contributed by atoms with Gasteiger partial charge in [0.15, 0.2) is 0 Å². The summed E-state index contributed by atoms with van der Waals surface area (Å²) in [5.41, 5.74) is 5.83. The molecule has 28 heavy (non-hydrogen) atoms. The molecular formula is C17H16F4N4O3. The number of aromatic nitrogens is 3. The van der Waals surface area contributed by atoms with Crippen LogP contribution in [0.15, 0.2) is 42.9 Å². The minimum absolute atomic E-state index is 0.120. The number of halogens is 4. The number of nitrogens with two attached hydrogens (primary N) is 1. The molecule has 0 saturated carbocycles. The Morgan fingerprint density at radius 2 is 1.75 bits per heavy atom. The molecule has 0 aliphatic heterocycles. The molecule has 0 saturated heterocycles. The van der Waals surface area contributed by atoms with Crippen LogP contribution in [0.5, 0.6) is 0 Å². The predicted octanol–water partition coefficient (Wildman–Crippen LogP) is 2.80. The smallest absolute Gasteiger partial charge is 0.475 e. The monoisotopic (exact) mass is 400 g/mol. The van der Waals surface area contributed by atoms with Gasteiger partial charge < -0.3 is 15.4 Å². The molecule has 0 fully saturated rings. The summed E-state index contributed by atoms with van der Waals surface area (Å²) in [6.07, 6.45) is 1.54. The van der Waals surface area contributed by atoms with Crippen LogP contribution < -0.4 is 5.73 Å². The van der Waals surface area contributed by atoms with Crippen molar-refractivity contribution in [3.8, 4) is 0 Å². The third-order valence-electron chi connectivity index (χ3n) is 3.60. The van der Waals surface area contributed by atoms with E-state index in [-0.39, 0.29) is 5.56 Å². The molecule has 7 nitrogen and oxygen atoms in total. The molecule has 0 aliphatic rings. The van der Waals surface area contributed by atoms with E-state index in [1.165, 1.54) is 6.07 Å². The van der Waals surface area contributed by atoms with Gasteiger partial charge in [-0.1, -0.05) is 0 Å². The van der Waals surface area contributed by atoms with E-state index in [2.05, 4.69) is 9.67 Å². The number of alkyl halides is 3. The highest BCUT2D eigenvalue weighted by atomic mass is 19.4. The van der Waals surface area contributed by atoms with Crippen LogP contribution in [0.3, 0.4) is 0 Å². The molecular weight excluding hydrogens is 384 g/mol. The van der Waals surface area contributed by atoms with Crippen molar-refractivity contribution >= 4 is 22.8 Å². The van der Waals surface area contributed by atoms with Gasteiger partial charge in [-0.2, -0.15) is 18.3 Å². The molecule has 0 spiro atoms. The maximum atomic E-state index is 13.5. The van der Waals surface area contributed by atoms with Crippen molar-refractivity contribution in [3.63, 3.8) is 0 Å². The molecule has 2 heterocycles. The highest BCUT2D eigenvalue weighted by molar-refractivity contribution is 6.04. The van der Waals surface area contributed by atoms with Gasteiger partial charge in [-0.3, -0.25) is 9.48 Å². The Morgan fingerprint density at radius 1 is 1.14 bits per heavy atom. The van der Waals surface area contributed by atoms with Crippen LogP contribution in [-0.4, -0.2) is 37.5 Å². The molecule has 2 aromatic heterocycles. The molecule has 1 aromatic carbocycles. The van der Waals surface area contributed by atoms with Crippen LogP contribution in [-0.2, 0) is 17.9 Å². The zero-order chi connectivity index (χ0) is 20.9. The highest BCUT2D eigenvalue weighted by Crippen LogP contribution is 2.19. The molecule has 0 radical (unpaired) electrons. The number of carbonyl (C=O) groups excluding carboxylic acids is 1. The van der Waals surface area contributed by atoms with Gasteiger partial charge in [-0.05, 0) is 30.7 Å². The van der Waals surface area contributed by atoms with Crippen LogP contribution in [0.1, 0.15) is 16.8 Å². The summed E-state index contributed by atoms with van der Waals surface area (Å²) in [6, 6.07) is 6.44. The number of carboxylic acids is 1. The average Bonchev–Trinajstić information content (AvgIpc) is 3.23. The van der Waals surface area contributed by atoms with Crippen molar-refractivity contribution in [1.82, 2.24) is 14.3 Å². The van der Waals surface area contributed by atoms with Crippen LogP contribution in [0, 0.1) is 5.82 Å². The van der Waals surface area contributed by atoms with E-state index in [9.17, 15) is 22.4 Å². The summed E-state index contributed by atoms with van der Waals surface area (Å²) in [7, 11) is 0. The second kappa shape index (κ2) is 8.55. The third kappa shape index (κ3) is 5.56. The fraction of sp³-hybridized carbons (Fsp3) is 0.235. The van der Waals surface area contributed by atoms with Gasteiger partial charge in [0.25, 0.3) is 5.91 Å². The summed E-state index contributed by atoms with van der Waals surface area (Å²) >= 11 is 0. The molecule has 150 valence electrons. The van der Waals surface area contributed by atoms with Crippen LogP contribution in [0.2, 0.25) is 0 Å². The zero-order valence-corrected chi connectivity index (χ0v) is 14.4. The Labute approximate surface area is 156 Å². The molecule has 3 N–H and O–H groups in total. The Balaban J connectivity index is 0.000000345. The summed E-state index contributed by atoms with van der Waals surface area (Å²) < 4.78 is 49.0. The van der Waals surface area contributed by atoms with Gasteiger partial charge >= 0.3 is 12.1 Å². The topological polar surface area (TPSA) is 103 Å². The van der Waals surface area contributed by atoms with Crippen LogP contribution in [0.25, 0.3) is 10.9 Å². The van der Waals surface area contributed by atoms with E-state index >= 15 is 0 Å². The largest absolute Gasteiger partial charge is 0.490 e. The number of fused-ring (bicyclic) bond motifs is 1. The lowest BCUT2D eigenvalue weighted by molar-refractivity contribution is -0.192. The van der Waals surface area contributed by atoms with E-state index in [1.807, 2.05) is 24.5 Å². The quantitative estimate of drug-likeness (QED) is 0.643. The molecule has 3 aromatic rings. The van der Waals surface area contributed by atoms with Gasteiger partial charge in [0.1, 0.15) is 11.3 Å². The van der Waals surface area contributed by atoms with Crippen molar-refractivity contribution in [2.75, 3.05) is 0 Å². The minimum Gasteiger partial charge on any atom is -0.475 e. The van der Waals surface area contributed by atoms with E-state index in [1.54, 1.807) is 10.9 Å². The zero-order valence-electron chi connectivity index (χ0n) is 14.4. The predicted molar refractivity (Wildman–Crippen MR) is 90.9 cm³/mol. The third-order valence-corrected chi connectivity index (χ3v) is 3.60. The molecule has 0 unspecified atom stereocenters. The first-order chi connectivity index (χ1) is 13.1. The van der Waals surface area contributed by atoms with E-state index < -0.39 is 23.9 Å². The van der Waals surface area contributed by atoms with Crippen molar-refractivity contribution in [2.24, 2.45) is 5.73 Å². The van der Waals surface area contributed by atoms with E-state index in [0.29, 0.717) is 17.4 Å². The first-order valence-electron chi connectivity index (χ1n) is 7.95. The maximum absolute atomic E-state index is 13.5. The van der Waals surface area contributed by atoms with Gasteiger partial charge in [-0.25, -0.2) is 9.18 Å². The number of carboxylic acid groups (broad SMARTS) is 1. The van der Waals surface area contributed by atoms with Crippen molar-refractivity contribution < 1.29 is 32.3 Å². The average molecular weight is 400 g/mol. The number of hydrogen-bond donors (Lipinski definition) is 2. The lowest BCUT2D eigenvalue weighted by Gasteiger charge is -2.03. The molecule has 0 bridgehead atoms. The van der Waals surface area contributed by atoms with E-state index in [0.717, 1.165) is 19.0 Å². The van der Waals surface area contributed by atoms with Gasteiger partial charge in [0.2, 0.25) is 0 Å². The highest BCUT2D eigenvalue weighted by Gasteiger charge is 2.38. The minimum atomic E-state index is -5.08. The molecule has 1 amide bonds. The normalized spacial score (nSPS) is 11.1. The summed E-state index contributed by atoms with van der Waals surface area (Å²) in [5.74, 6) is -3.91. The molecule has 11 heteroatoms. The number of rotatable bonds is 5. The Hall–Kier alpha value is -3.37. The number of aryl methyl sites for hydroxylation is 2. The fourth-order valence-electron chi connectivity index (χ4n) is 2.39. The number of nitrogens with zero attached hydrogens (tertiary/aromatic N) is 3. The van der Waals surface area contributed by atoms with Crippen LogP contribution >= 0.6 is 0 Å². The number of primary amides is 1. The van der Waals surface area contributed by atoms with Crippen LogP contribution in [0.4, 0.5) is 17.6 Å². The summed E-state index contributed by atoms with van der Waals surface area (Å²) in [6.45, 7) is 1.56. The summed E-state index contributed by atoms with van der Waals surface area (Å²) in [5, 5.41) is 12.0. The Kier molecular flexibility index (Phi) is 6.39. The first kappa shape index (κ1) is 20.9. The van der Waals surface area contributed by atoms with Crippen molar-refractivity contribution in [3.05, 3.63) is 54.2 Å². The molecule has 3 rings (SSSR count). The number of carbonyl (C=O) groups is 2. The maximum Gasteiger partial charge on any atom is 0.490 e. The molecule has 0 atom stereocenters. The fourth-order valence-corrected chi connectivity index (χ4v) is 2.39. The number of aliphatic carboxylic acids is 1. The number of hydrogen-bond acceptors (Lipinski definition) is 3. The first-order valence-corrected chi connectivity index (χ1v) is 7.95. The second-order valence-electron chi connectivity index (χ2n) is 5.72. The molecule has 0 aliphatic carbocycles. The number of amides is 1. The Morgan fingerprint density at radius 3 is 2.29 bits per heavy atom. The second-order valence-corrected chi connectivity index (χ2v) is 5.72. The lowest BCUT2D eigenvalue weighted by atomic mass is 10.1. The van der Waals surface area contributed by atoms with Gasteiger partial charge in [0.05, 0.1) is 5.56 Å². The number of benzene rings is 1. The summed E-state index contributed by atoms with van der Waals surface area (Å²) in [4.78, 5) is 20.2. The van der Waals surface area contributed by atoms with E-state index in [4.69, 9.17) is 15.6 Å². The van der Waals surface area contributed by atoms with Crippen molar-refractivity contribution in [1.29, 1.82) is 0 Å².